The third-order valence-electron chi connectivity index (χ3n) is 4.76. The van der Waals surface area contributed by atoms with Gasteiger partial charge in [-0.15, -0.1) is 0 Å². The minimum absolute atomic E-state index is 0.325. The van der Waals surface area contributed by atoms with Crippen LogP contribution in [0.5, 0.6) is 0 Å². The van der Waals surface area contributed by atoms with Gasteiger partial charge in [0.15, 0.2) is 5.69 Å². The molecule has 8 heteroatoms. The number of fused-ring (bicyclic) bond motifs is 1. The van der Waals surface area contributed by atoms with Crippen LogP contribution in [0.4, 0.5) is 13.2 Å². The van der Waals surface area contributed by atoms with E-state index in [0.29, 0.717) is 11.3 Å². The number of carbonyl (C=O) groups is 1. The van der Waals surface area contributed by atoms with Crippen LogP contribution in [-0.4, -0.2) is 21.9 Å². The maximum Gasteiger partial charge on any atom is 0.416 e. The number of nitrogens with zero attached hydrogens (tertiary/aromatic N) is 3. The van der Waals surface area contributed by atoms with Crippen LogP contribution in [0.2, 0.25) is 0 Å². The van der Waals surface area contributed by atoms with Crippen molar-refractivity contribution in [2.75, 3.05) is 0 Å². The van der Waals surface area contributed by atoms with Gasteiger partial charge in [-0.2, -0.15) is 23.4 Å². The molecule has 1 N–H and O–H groups in total. The van der Waals surface area contributed by atoms with E-state index >= 15 is 0 Å². The Kier molecular flexibility index (Phi) is 4.92. The highest BCUT2D eigenvalue weighted by atomic mass is 19.4. The summed E-state index contributed by atoms with van der Waals surface area (Å²) in [6.07, 6.45) is -0.518. The van der Waals surface area contributed by atoms with Gasteiger partial charge in [0.25, 0.3) is 5.91 Å². The van der Waals surface area contributed by atoms with E-state index in [1.165, 1.54) is 18.3 Å². The summed E-state index contributed by atoms with van der Waals surface area (Å²) in [5, 5.41) is 8.33. The number of para-hydroxylation sites is 1. The predicted molar refractivity (Wildman–Crippen MR) is 102 cm³/mol. The van der Waals surface area contributed by atoms with Crippen molar-refractivity contribution < 1.29 is 18.0 Å². The number of nitrogens with one attached hydrogen (secondary N) is 1. The van der Waals surface area contributed by atoms with Gasteiger partial charge < -0.3 is 0 Å². The summed E-state index contributed by atoms with van der Waals surface area (Å²) in [6.45, 7) is 0. The maximum atomic E-state index is 12.6. The molecular weight excluding hydrogens is 381 g/mol. The van der Waals surface area contributed by atoms with Gasteiger partial charge in [-0.25, -0.2) is 10.1 Å². The second-order valence-corrected chi connectivity index (χ2v) is 6.69. The molecule has 0 radical (unpaired) electrons. The van der Waals surface area contributed by atoms with Crippen LogP contribution in [0.25, 0.3) is 5.69 Å². The van der Waals surface area contributed by atoms with E-state index in [1.54, 1.807) is 4.68 Å². The van der Waals surface area contributed by atoms with Crippen molar-refractivity contribution in [1.82, 2.24) is 15.2 Å². The summed E-state index contributed by atoms with van der Waals surface area (Å²) in [6, 6.07) is 14.1. The lowest BCUT2D eigenvalue weighted by Gasteiger charge is -2.05. The summed E-state index contributed by atoms with van der Waals surface area (Å²) in [4.78, 5) is 12.6. The summed E-state index contributed by atoms with van der Waals surface area (Å²) in [7, 11) is 0. The molecular formula is C21H17F3N4O. The number of hydrazone groups is 1. The summed E-state index contributed by atoms with van der Waals surface area (Å²) in [5.74, 6) is -0.444. The largest absolute Gasteiger partial charge is 0.416 e. The van der Waals surface area contributed by atoms with E-state index in [1.807, 2.05) is 30.3 Å². The molecule has 1 aromatic heterocycles. The van der Waals surface area contributed by atoms with Gasteiger partial charge >= 0.3 is 6.18 Å². The number of aromatic nitrogens is 2. The molecule has 2 aromatic carbocycles. The van der Waals surface area contributed by atoms with Crippen LogP contribution in [0.15, 0.2) is 59.7 Å². The molecule has 0 saturated heterocycles. The fourth-order valence-electron chi connectivity index (χ4n) is 3.38. The smallest absolute Gasteiger partial charge is 0.265 e. The molecule has 0 unspecified atom stereocenters. The molecule has 0 aliphatic heterocycles. The Morgan fingerprint density at radius 2 is 1.79 bits per heavy atom. The predicted octanol–water partition coefficient (Wildman–Crippen LogP) is 4.14. The van der Waals surface area contributed by atoms with E-state index in [0.717, 1.165) is 48.3 Å². The molecule has 0 saturated carbocycles. The van der Waals surface area contributed by atoms with Crippen LogP contribution in [0, 0.1) is 0 Å². The van der Waals surface area contributed by atoms with E-state index in [9.17, 15) is 18.0 Å². The van der Waals surface area contributed by atoms with Crippen molar-refractivity contribution in [3.63, 3.8) is 0 Å². The quantitative estimate of drug-likeness (QED) is 0.530. The number of hydrogen-bond acceptors (Lipinski definition) is 3. The van der Waals surface area contributed by atoms with Crippen LogP contribution < -0.4 is 5.43 Å². The fourth-order valence-corrected chi connectivity index (χ4v) is 3.38. The number of amides is 1. The fraction of sp³-hybridized carbons (Fsp3) is 0.190. The summed E-state index contributed by atoms with van der Waals surface area (Å²) >= 11 is 0. The molecule has 1 heterocycles. The Morgan fingerprint density at radius 3 is 2.48 bits per heavy atom. The first kappa shape index (κ1) is 18.9. The van der Waals surface area contributed by atoms with Crippen LogP contribution in [0.1, 0.15) is 39.3 Å². The third kappa shape index (κ3) is 3.91. The highest BCUT2D eigenvalue weighted by Crippen LogP contribution is 2.29. The van der Waals surface area contributed by atoms with Crippen molar-refractivity contribution in [3.05, 3.63) is 82.7 Å². The zero-order chi connectivity index (χ0) is 20.4. The van der Waals surface area contributed by atoms with Gasteiger partial charge in [-0.3, -0.25) is 4.79 Å². The number of rotatable bonds is 4. The van der Waals surface area contributed by atoms with Gasteiger partial charge in [-0.05, 0) is 49.1 Å². The highest BCUT2D eigenvalue weighted by Gasteiger charge is 2.30. The van der Waals surface area contributed by atoms with E-state index in [4.69, 9.17) is 0 Å². The number of hydrogen-bond donors (Lipinski definition) is 1. The Bertz CT molecular complexity index is 1050. The van der Waals surface area contributed by atoms with E-state index in [2.05, 4.69) is 15.6 Å². The zero-order valence-corrected chi connectivity index (χ0v) is 15.3. The van der Waals surface area contributed by atoms with Gasteiger partial charge in [0, 0.05) is 11.3 Å². The Hall–Kier alpha value is -3.42. The van der Waals surface area contributed by atoms with Crippen molar-refractivity contribution in [2.45, 2.75) is 25.4 Å². The third-order valence-corrected chi connectivity index (χ3v) is 4.76. The van der Waals surface area contributed by atoms with Gasteiger partial charge in [-0.1, -0.05) is 30.3 Å². The molecule has 1 amide bonds. The van der Waals surface area contributed by atoms with Crippen molar-refractivity contribution in [1.29, 1.82) is 0 Å². The minimum atomic E-state index is -4.39. The molecule has 5 nitrogen and oxygen atoms in total. The molecule has 1 aliphatic carbocycles. The first-order chi connectivity index (χ1) is 13.9. The number of alkyl halides is 3. The molecule has 0 bridgehead atoms. The molecule has 4 rings (SSSR count). The molecule has 0 fully saturated rings. The summed E-state index contributed by atoms with van der Waals surface area (Å²) in [5.41, 5.74) is 5.27. The van der Waals surface area contributed by atoms with Crippen molar-refractivity contribution in [2.24, 2.45) is 5.10 Å². The number of halogens is 3. The molecule has 1 aliphatic rings. The Morgan fingerprint density at radius 1 is 1.07 bits per heavy atom. The average molecular weight is 398 g/mol. The van der Waals surface area contributed by atoms with Crippen LogP contribution in [0.3, 0.4) is 0 Å². The maximum absolute atomic E-state index is 12.6. The van der Waals surface area contributed by atoms with Gasteiger partial charge in [0.2, 0.25) is 0 Å². The normalized spacial score (nSPS) is 13.6. The lowest BCUT2D eigenvalue weighted by Crippen LogP contribution is -2.20. The second-order valence-electron chi connectivity index (χ2n) is 6.69. The lowest BCUT2D eigenvalue weighted by atomic mass is 10.1. The topological polar surface area (TPSA) is 59.3 Å². The minimum Gasteiger partial charge on any atom is -0.265 e. The van der Waals surface area contributed by atoms with E-state index in [-0.39, 0.29) is 0 Å². The monoisotopic (exact) mass is 398 g/mol. The highest BCUT2D eigenvalue weighted by molar-refractivity contribution is 5.95. The Balaban J connectivity index is 1.50. The molecule has 0 spiro atoms. The van der Waals surface area contributed by atoms with Crippen LogP contribution >= 0.6 is 0 Å². The zero-order valence-electron chi connectivity index (χ0n) is 15.3. The lowest BCUT2D eigenvalue weighted by molar-refractivity contribution is -0.137. The van der Waals surface area contributed by atoms with Crippen LogP contribution in [-0.2, 0) is 19.0 Å². The van der Waals surface area contributed by atoms with Crippen molar-refractivity contribution in [3.8, 4) is 5.69 Å². The molecule has 29 heavy (non-hydrogen) atoms. The van der Waals surface area contributed by atoms with Gasteiger partial charge in [0.1, 0.15) is 0 Å². The number of benzene rings is 2. The summed E-state index contributed by atoms with van der Waals surface area (Å²) < 4.78 is 39.6. The Labute approximate surface area is 164 Å². The standard InChI is InChI=1S/C21H17F3N4O/c22-21(23,24)15-11-9-14(10-12-15)13-25-26-20(29)19-17-7-4-8-18(17)28(27-19)16-5-2-1-3-6-16/h1-3,5-6,9-13H,4,7-8H2,(H,26,29)/b25-13+. The second kappa shape index (κ2) is 7.54. The number of carbonyl (C=O) groups excluding carboxylic acids is 1. The first-order valence-electron chi connectivity index (χ1n) is 9.10. The molecule has 0 atom stereocenters. The molecule has 148 valence electrons. The average Bonchev–Trinajstić information content (AvgIpc) is 3.31. The first-order valence-corrected chi connectivity index (χ1v) is 9.10. The van der Waals surface area contributed by atoms with E-state index < -0.39 is 17.6 Å². The van der Waals surface area contributed by atoms with Gasteiger partial charge in [0.05, 0.1) is 17.5 Å². The van der Waals surface area contributed by atoms with Crippen molar-refractivity contribution >= 4 is 12.1 Å². The SMILES string of the molecule is O=C(N/N=C/c1ccc(C(F)(F)F)cc1)c1nn(-c2ccccc2)c2c1CCC2. The molecule has 3 aromatic rings.